The number of aromatic nitrogens is 1. The van der Waals surface area contributed by atoms with Crippen LogP contribution in [0.3, 0.4) is 0 Å². The Morgan fingerprint density at radius 2 is 2.35 bits per heavy atom. The van der Waals surface area contributed by atoms with E-state index in [1.54, 1.807) is 18.3 Å². The molecule has 6 heteroatoms. The van der Waals surface area contributed by atoms with Gasteiger partial charge in [0.05, 0.1) is 0 Å². The van der Waals surface area contributed by atoms with Crippen molar-refractivity contribution in [3.63, 3.8) is 0 Å². The van der Waals surface area contributed by atoms with Gasteiger partial charge in [-0.3, -0.25) is 0 Å². The van der Waals surface area contributed by atoms with Gasteiger partial charge >= 0.3 is 5.97 Å². The van der Waals surface area contributed by atoms with Gasteiger partial charge in [0.25, 0.3) is 0 Å². The molecule has 1 N–H and O–H groups in total. The zero-order chi connectivity index (χ0) is 12.3. The summed E-state index contributed by atoms with van der Waals surface area (Å²) in [5.74, 6) is -0.672. The molecule has 0 spiro atoms. The number of ether oxygens (including phenoxy) is 1. The number of aromatic carboxylic acids is 1. The van der Waals surface area contributed by atoms with E-state index >= 15 is 0 Å². The Labute approximate surface area is 110 Å². The fourth-order valence-electron chi connectivity index (χ4n) is 1.26. The first-order valence-corrected chi connectivity index (χ1v) is 6.38. The van der Waals surface area contributed by atoms with Crippen molar-refractivity contribution < 1.29 is 14.6 Å². The maximum Gasteiger partial charge on any atom is 0.339 e. The third-order valence-electron chi connectivity index (χ3n) is 2.01. The van der Waals surface area contributed by atoms with Gasteiger partial charge < -0.3 is 9.84 Å². The van der Waals surface area contributed by atoms with Crippen molar-refractivity contribution in [2.75, 3.05) is 0 Å². The van der Waals surface area contributed by atoms with Crippen molar-refractivity contribution in [2.45, 2.75) is 6.61 Å². The van der Waals surface area contributed by atoms with Crippen molar-refractivity contribution in [3.05, 3.63) is 44.8 Å². The lowest BCUT2D eigenvalue weighted by Gasteiger charge is -2.08. The number of hydrogen-bond acceptors (Lipinski definition) is 4. The number of rotatable bonds is 4. The molecule has 1 aromatic heterocycles. The summed E-state index contributed by atoms with van der Waals surface area (Å²) in [5, 5.41) is 11.7. The molecule has 2 aromatic rings. The second-order valence-electron chi connectivity index (χ2n) is 3.16. The number of halogens is 1. The topological polar surface area (TPSA) is 59.4 Å². The maximum absolute atomic E-state index is 11.0. The zero-order valence-electron chi connectivity index (χ0n) is 8.59. The molecule has 0 aliphatic rings. The van der Waals surface area contributed by atoms with Crippen molar-refractivity contribution in [1.82, 2.24) is 4.98 Å². The number of benzene rings is 1. The highest BCUT2D eigenvalue weighted by Gasteiger charge is 2.12. The summed E-state index contributed by atoms with van der Waals surface area (Å²) in [7, 11) is 0. The van der Waals surface area contributed by atoms with E-state index in [0.717, 1.165) is 9.48 Å². The predicted octanol–water partition coefficient (Wildman–Crippen LogP) is 3.18. The Morgan fingerprint density at radius 1 is 1.53 bits per heavy atom. The summed E-state index contributed by atoms with van der Waals surface area (Å²) >= 11 is 4.74. The lowest BCUT2D eigenvalue weighted by molar-refractivity contribution is 0.0691. The number of nitrogens with zero attached hydrogens (tertiary/aromatic N) is 1. The molecule has 17 heavy (non-hydrogen) atoms. The Bertz CT molecular complexity index is 528. The average molecular weight is 314 g/mol. The van der Waals surface area contributed by atoms with Crippen LogP contribution in [0, 0.1) is 0 Å². The van der Waals surface area contributed by atoms with E-state index in [-0.39, 0.29) is 12.2 Å². The molecule has 0 atom stereocenters. The van der Waals surface area contributed by atoms with Crippen LogP contribution in [0.1, 0.15) is 15.4 Å². The molecule has 0 radical (unpaired) electrons. The molecule has 0 aliphatic heterocycles. The summed E-state index contributed by atoms with van der Waals surface area (Å²) in [5.41, 5.74) is 0.143. The monoisotopic (exact) mass is 313 g/mol. The Hall–Kier alpha value is -1.40. The zero-order valence-corrected chi connectivity index (χ0v) is 11.0. The molecule has 88 valence electrons. The van der Waals surface area contributed by atoms with Gasteiger partial charge in [-0.05, 0) is 18.2 Å². The molecular weight excluding hydrogens is 306 g/mol. The lowest BCUT2D eigenvalue weighted by Crippen LogP contribution is -2.03. The minimum Gasteiger partial charge on any atom is -0.485 e. The van der Waals surface area contributed by atoms with Gasteiger partial charge in [0.15, 0.2) is 0 Å². The molecular formula is C11H8BrNO3S. The van der Waals surface area contributed by atoms with Gasteiger partial charge in [-0.15, -0.1) is 11.3 Å². The normalized spacial score (nSPS) is 10.2. The van der Waals surface area contributed by atoms with Crippen LogP contribution in [0.4, 0.5) is 0 Å². The van der Waals surface area contributed by atoms with Gasteiger partial charge in [-0.2, -0.15) is 0 Å². The summed E-state index contributed by atoms with van der Waals surface area (Å²) in [6.07, 6.45) is 1.68. The largest absolute Gasteiger partial charge is 0.485 e. The number of carboxylic acid groups (broad SMARTS) is 1. The second kappa shape index (κ2) is 5.29. The molecule has 2 rings (SSSR count). The van der Waals surface area contributed by atoms with Gasteiger partial charge in [0, 0.05) is 16.0 Å². The first-order chi connectivity index (χ1) is 8.16. The molecule has 1 heterocycles. The lowest BCUT2D eigenvalue weighted by atomic mass is 10.2. The van der Waals surface area contributed by atoms with E-state index in [1.165, 1.54) is 17.4 Å². The van der Waals surface area contributed by atoms with Crippen molar-refractivity contribution in [3.8, 4) is 5.75 Å². The van der Waals surface area contributed by atoms with E-state index in [0.29, 0.717) is 5.75 Å². The van der Waals surface area contributed by atoms with E-state index in [9.17, 15) is 4.79 Å². The van der Waals surface area contributed by atoms with E-state index < -0.39 is 5.97 Å². The van der Waals surface area contributed by atoms with Crippen LogP contribution in [-0.2, 0) is 6.61 Å². The fraction of sp³-hybridized carbons (Fsp3) is 0.0909. The van der Waals surface area contributed by atoms with Crippen LogP contribution >= 0.6 is 27.3 Å². The molecule has 0 amide bonds. The molecule has 0 bridgehead atoms. The molecule has 0 fully saturated rings. The fourth-order valence-corrected chi connectivity index (χ4v) is 2.12. The molecule has 0 aliphatic carbocycles. The molecule has 1 aromatic carbocycles. The van der Waals surface area contributed by atoms with Gasteiger partial charge in [-0.1, -0.05) is 15.9 Å². The average Bonchev–Trinajstić information content (AvgIpc) is 2.78. The third kappa shape index (κ3) is 3.04. The summed E-state index contributed by atoms with van der Waals surface area (Å²) in [6.45, 7) is 0.272. The second-order valence-corrected chi connectivity index (χ2v) is 5.05. The van der Waals surface area contributed by atoms with Crippen LogP contribution in [0.2, 0.25) is 0 Å². The number of carboxylic acids is 1. The van der Waals surface area contributed by atoms with Gasteiger partial charge in [-0.25, -0.2) is 9.78 Å². The smallest absolute Gasteiger partial charge is 0.339 e. The summed E-state index contributed by atoms with van der Waals surface area (Å²) in [6, 6.07) is 4.81. The van der Waals surface area contributed by atoms with Crippen LogP contribution in [0.5, 0.6) is 5.75 Å². The minimum absolute atomic E-state index is 0.143. The van der Waals surface area contributed by atoms with Crippen LogP contribution in [0.25, 0.3) is 0 Å². The van der Waals surface area contributed by atoms with E-state index in [4.69, 9.17) is 9.84 Å². The quantitative estimate of drug-likeness (QED) is 0.941. The summed E-state index contributed by atoms with van der Waals surface area (Å²) < 4.78 is 6.24. The Kier molecular flexibility index (Phi) is 3.75. The highest BCUT2D eigenvalue weighted by atomic mass is 79.9. The third-order valence-corrected chi connectivity index (χ3v) is 3.26. The number of hydrogen-bond donors (Lipinski definition) is 1. The van der Waals surface area contributed by atoms with Gasteiger partial charge in [0.2, 0.25) is 0 Å². The van der Waals surface area contributed by atoms with Crippen LogP contribution < -0.4 is 4.74 Å². The highest BCUT2D eigenvalue weighted by molar-refractivity contribution is 9.10. The Morgan fingerprint density at radius 3 is 3.00 bits per heavy atom. The minimum atomic E-state index is -1.01. The van der Waals surface area contributed by atoms with Crippen molar-refractivity contribution >= 4 is 33.2 Å². The SMILES string of the molecule is O=C(O)c1ccc(Br)cc1OCc1nccs1. The highest BCUT2D eigenvalue weighted by Crippen LogP contribution is 2.24. The maximum atomic E-state index is 11.0. The van der Waals surface area contributed by atoms with E-state index in [1.807, 2.05) is 5.38 Å². The molecule has 0 saturated heterocycles. The molecule has 0 saturated carbocycles. The van der Waals surface area contributed by atoms with Crippen LogP contribution in [-0.4, -0.2) is 16.1 Å². The first-order valence-electron chi connectivity index (χ1n) is 4.71. The number of thiazole rings is 1. The summed E-state index contributed by atoms with van der Waals surface area (Å²) in [4.78, 5) is 15.0. The number of carbonyl (C=O) groups is 1. The van der Waals surface area contributed by atoms with Gasteiger partial charge in [0.1, 0.15) is 22.9 Å². The Balaban J connectivity index is 2.19. The van der Waals surface area contributed by atoms with Crippen LogP contribution in [0.15, 0.2) is 34.2 Å². The van der Waals surface area contributed by atoms with Crippen molar-refractivity contribution in [1.29, 1.82) is 0 Å². The molecule has 4 nitrogen and oxygen atoms in total. The molecule has 0 unspecified atom stereocenters. The van der Waals surface area contributed by atoms with Crippen molar-refractivity contribution in [2.24, 2.45) is 0 Å². The standard InChI is InChI=1S/C11H8BrNO3S/c12-7-1-2-8(11(14)15)9(5-7)16-6-10-13-3-4-17-10/h1-5H,6H2,(H,14,15). The predicted molar refractivity (Wildman–Crippen MR) is 67.5 cm³/mol. The van der Waals surface area contributed by atoms with E-state index in [2.05, 4.69) is 20.9 Å². The first kappa shape index (κ1) is 12.1.